The van der Waals surface area contributed by atoms with Gasteiger partial charge in [0, 0.05) is 12.6 Å². The number of ether oxygens (including phenoxy) is 1. The van der Waals surface area contributed by atoms with E-state index in [2.05, 4.69) is 30.4 Å². The van der Waals surface area contributed by atoms with Gasteiger partial charge in [0.05, 0.1) is 7.11 Å². The molecule has 0 aromatic heterocycles. The van der Waals surface area contributed by atoms with Crippen LogP contribution in [0, 0.1) is 6.92 Å². The highest BCUT2D eigenvalue weighted by Gasteiger charge is 2.11. The van der Waals surface area contributed by atoms with Gasteiger partial charge in [-0.25, -0.2) is 0 Å². The van der Waals surface area contributed by atoms with E-state index < -0.39 is 0 Å². The Morgan fingerprint density at radius 3 is 2.50 bits per heavy atom. The first-order valence-electron chi connectivity index (χ1n) is 7.16. The molecule has 1 aliphatic rings. The summed E-state index contributed by atoms with van der Waals surface area (Å²) >= 11 is 0. The van der Waals surface area contributed by atoms with E-state index in [4.69, 9.17) is 4.74 Å². The molecular weight excluding hydrogens is 222 g/mol. The molecule has 1 aromatic carbocycles. The van der Waals surface area contributed by atoms with Gasteiger partial charge >= 0.3 is 0 Å². The molecule has 0 aliphatic heterocycles. The highest BCUT2D eigenvalue weighted by Crippen LogP contribution is 2.20. The molecule has 1 saturated carbocycles. The number of benzene rings is 1. The van der Waals surface area contributed by atoms with Gasteiger partial charge in [-0.3, -0.25) is 0 Å². The maximum atomic E-state index is 5.29. The Balaban J connectivity index is 1.87. The maximum Gasteiger partial charge on any atom is 0.121 e. The smallest absolute Gasteiger partial charge is 0.121 e. The van der Waals surface area contributed by atoms with Crippen LogP contribution in [0.1, 0.15) is 49.7 Å². The van der Waals surface area contributed by atoms with Crippen LogP contribution in [0.5, 0.6) is 5.75 Å². The Kier molecular flexibility index (Phi) is 5.06. The van der Waals surface area contributed by atoms with E-state index in [1.165, 1.54) is 49.7 Å². The molecule has 1 N–H and O–H groups in total. The summed E-state index contributed by atoms with van der Waals surface area (Å²) in [5.74, 6) is 0.980. The fourth-order valence-corrected chi connectivity index (χ4v) is 2.80. The zero-order valence-electron chi connectivity index (χ0n) is 11.7. The van der Waals surface area contributed by atoms with Gasteiger partial charge in [-0.05, 0) is 37.0 Å². The van der Waals surface area contributed by atoms with E-state index in [0.29, 0.717) is 0 Å². The molecule has 2 rings (SSSR count). The second-order valence-corrected chi connectivity index (χ2v) is 5.37. The van der Waals surface area contributed by atoms with Crippen LogP contribution in [0.4, 0.5) is 0 Å². The minimum absolute atomic E-state index is 0.718. The third kappa shape index (κ3) is 3.74. The molecule has 1 fully saturated rings. The minimum atomic E-state index is 0.718. The van der Waals surface area contributed by atoms with E-state index in [1.807, 2.05) is 0 Å². The Morgan fingerprint density at radius 2 is 1.89 bits per heavy atom. The third-order valence-electron chi connectivity index (χ3n) is 3.91. The molecule has 2 nitrogen and oxygen atoms in total. The first kappa shape index (κ1) is 13.4. The van der Waals surface area contributed by atoms with Gasteiger partial charge in [-0.15, -0.1) is 0 Å². The van der Waals surface area contributed by atoms with Gasteiger partial charge in [0.25, 0.3) is 0 Å². The fraction of sp³-hybridized carbons (Fsp3) is 0.625. The molecule has 100 valence electrons. The van der Waals surface area contributed by atoms with Crippen LogP contribution in [0.2, 0.25) is 0 Å². The molecule has 1 aliphatic carbocycles. The average molecular weight is 247 g/mol. The molecule has 0 atom stereocenters. The fourth-order valence-electron chi connectivity index (χ4n) is 2.80. The molecule has 0 radical (unpaired) electrons. The summed E-state index contributed by atoms with van der Waals surface area (Å²) in [6, 6.07) is 7.17. The zero-order valence-corrected chi connectivity index (χ0v) is 11.7. The van der Waals surface area contributed by atoms with Crippen LogP contribution in [-0.4, -0.2) is 13.2 Å². The molecule has 0 amide bonds. The maximum absolute atomic E-state index is 5.29. The summed E-state index contributed by atoms with van der Waals surface area (Å²) in [6.07, 6.45) is 8.29. The Hall–Kier alpha value is -1.02. The van der Waals surface area contributed by atoms with E-state index in [0.717, 1.165) is 18.3 Å². The van der Waals surface area contributed by atoms with Crippen LogP contribution in [0.25, 0.3) is 0 Å². The molecular formula is C16H25NO. The highest BCUT2D eigenvalue weighted by atomic mass is 16.5. The van der Waals surface area contributed by atoms with E-state index in [9.17, 15) is 0 Å². The highest BCUT2D eigenvalue weighted by molar-refractivity contribution is 5.36. The van der Waals surface area contributed by atoms with Crippen molar-refractivity contribution >= 4 is 0 Å². The normalized spacial score (nSPS) is 17.4. The van der Waals surface area contributed by atoms with Gasteiger partial charge < -0.3 is 10.1 Å². The van der Waals surface area contributed by atoms with Crippen molar-refractivity contribution in [1.82, 2.24) is 5.32 Å². The first-order chi connectivity index (χ1) is 8.79. The van der Waals surface area contributed by atoms with Gasteiger partial charge in [0.2, 0.25) is 0 Å². The number of rotatable bonds is 4. The second-order valence-electron chi connectivity index (χ2n) is 5.37. The predicted molar refractivity (Wildman–Crippen MR) is 76.1 cm³/mol. The molecule has 0 bridgehead atoms. The quantitative estimate of drug-likeness (QED) is 0.817. The van der Waals surface area contributed by atoms with Crippen molar-refractivity contribution in [2.45, 2.75) is 58.0 Å². The number of aryl methyl sites for hydroxylation is 1. The van der Waals surface area contributed by atoms with Crippen molar-refractivity contribution in [3.8, 4) is 5.75 Å². The lowest BCUT2D eigenvalue weighted by Gasteiger charge is -2.16. The lowest BCUT2D eigenvalue weighted by atomic mass is 10.1. The molecule has 1 aromatic rings. The lowest BCUT2D eigenvalue weighted by molar-refractivity contribution is 0.411. The Morgan fingerprint density at radius 1 is 1.17 bits per heavy atom. The van der Waals surface area contributed by atoms with Crippen LogP contribution in [0.3, 0.4) is 0 Å². The molecule has 0 saturated heterocycles. The molecule has 0 heterocycles. The Labute approximate surface area is 111 Å². The van der Waals surface area contributed by atoms with Crippen molar-refractivity contribution in [2.24, 2.45) is 0 Å². The second kappa shape index (κ2) is 6.79. The molecule has 0 unspecified atom stereocenters. The van der Waals surface area contributed by atoms with Gasteiger partial charge in [-0.1, -0.05) is 37.8 Å². The summed E-state index contributed by atoms with van der Waals surface area (Å²) in [7, 11) is 1.73. The molecule has 0 spiro atoms. The lowest BCUT2D eigenvalue weighted by Crippen LogP contribution is -2.27. The zero-order chi connectivity index (χ0) is 12.8. The van der Waals surface area contributed by atoms with E-state index in [1.54, 1.807) is 7.11 Å². The summed E-state index contributed by atoms with van der Waals surface area (Å²) < 4.78 is 5.29. The summed E-state index contributed by atoms with van der Waals surface area (Å²) in [4.78, 5) is 0. The van der Waals surface area contributed by atoms with Crippen molar-refractivity contribution in [1.29, 1.82) is 0 Å². The van der Waals surface area contributed by atoms with Gasteiger partial charge in [0.1, 0.15) is 5.75 Å². The summed E-state index contributed by atoms with van der Waals surface area (Å²) in [6.45, 7) is 3.09. The van der Waals surface area contributed by atoms with Gasteiger partial charge in [0.15, 0.2) is 0 Å². The molecule has 2 heteroatoms. The van der Waals surface area contributed by atoms with Crippen molar-refractivity contribution in [3.63, 3.8) is 0 Å². The van der Waals surface area contributed by atoms with E-state index in [-0.39, 0.29) is 0 Å². The van der Waals surface area contributed by atoms with Crippen LogP contribution in [-0.2, 0) is 6.54 Å². The van der Waals surface area contributed by atoms with Crippen molar-refractivity contribution in [2.75, 3.05) is 7.11 Å². The van der Waals surface area contributed by atoms with Crippen LogP contribution < -0.4 is 10.1 Å². The number of hydrogen-bond acceptors (Lipinski definition) is 2. The first-order valence-corrected chi connectivity index (χ1v) is 7.16. The number of nitrogens with one attached hydrogen (secondary N) is 1. The largest absolute Gasteiger partial charge is 0.496 e. The van der Waals surface area contributed by atoms with Gasteiger partial charge in [-0.2, -0.15) is 0 Å². The average Bonchev–Trinajstić information content (AvgIpc) is 2.65. The SMILES string of the molecule is COc1ccc(CNC2CCCCCC2)cc1C. The topological polar surface area (TPSA) is 21.3 Å². The summed E-state index contributed by atoms with van der Waals surface area (Å²) in [5, 5.41) is 3.70. The monoisotopic (exact) mass is 247 g/mol. The predicted octanol–water partition coefficient (Wildman–Crippen LogP) is 3.82. The Bertz CT molecular complexity index is 367. The van der Waals surface area contributed by atoms with Crippen LogP contribution >= 0.6 is 0 Å². The van der Waals surface area contributed by atoms with Crippen molar-refractivity contribution < 1.29 is 4.74 Å². The number of hydrogen-bond donors (Lipinski definition) is 1. The van der Waals surface area contributed by atoms with Crippen LogP contribution in [0.15, 0.2) is 18.2 Å². The summed E-state index contributed by atoms with van der Waals surface area (Å²) in [5.41, 5.74) is 2.58. The standard InChI is InChI=1S/C16H25NO/c1-13-11-14(9-10-16(13)18-2)12-17-15-7-5-3-4-6-8-15/h9-11,15,17H,3-8,12H2,1-2H3. The third-order valence-corrected chi connectivity index (χ3v) is 3.91. The van der Waals surface area contributed by atoms with E-state index >= 15 is 0 Å². The van der Waals surface area contributed by atoms with Crippen molar-refractivity contribution in [3.05, 3.63) is 29.3 Å². The molecule has 18 heavy (non-hydrogen) atoms. The minimum Gasteiger partial charge on any atom is -0.496 e. The number of methoxy groups -OCH3 is 1.